The van der Waals surface area contributed by atoms with Gasteiger partial charge in [0.15, 0.2) is 6.10 Å². The number of ether oxygens (including phenoxy) is 1. The van der Waals surface area contributed by atoms with Gasteiger partial charge in [0.25, 0.3) is 5.91 Å². The molecule has 2 amide bonds. The molecule has 0 spiro atoms. The van der Waals surface area contributed by atoms with Gasteiger partial charge in [0.05, 0.1) is 28.7 Å². The van der Waals surface area contributed by atoms with Crippen molar-refractivity contribution >= 4 is 29.2 Å². The predicted octanol–water partition coefficient (Wildman–Crippen LogP) is 2.10. The molecule has 3 rings (SSSR count). The quantitative estimate of drug-likeness (QED) is 0.773. The molecule has 154 valence electrons. The number of carbonyl (C=O) groups is 3. The van der Waals surface area contributed by atoms with Crippen molar-refractivity contribution in [3.63, 3.8) is 0 Å². The molecule has 0 bridgehead atoms. The summed E-state index contributed by atoms with van der Waals surface area (Å²) < 4.78 is 20.9. The lowest BCUT2D eigenvalue weighted by Gasteiger charge is -2.18. The Hall–Kier alpha value is -3.23. The minimum atomic E-state index is -1.06. The first-order valence-electron chi connectivity index (χ1n) is 9.25. The Morgan fingerprint density at radius 3 is 2.62 bits per heavy atom. The van der Waals surface area contributed by atoms with E-state index in [1.54, 1.807) is 24.7 Å². The van der Waals surface area contributed by atoms with Crippen LogP contribution in [0.2, 0.25) is 0 Å². The predicted molar refractivity (Wildman–Crippen MR) is 104 cm³/mol. The van der Waals surface area contributed by atoms with Crippen LogP contribution in [0.3, 0.4) is 0 Å². The molecule has 0 unspecified atom stereocenters. The molecule has 1 N–H and O–H groups in total. The number of anilines is 2. The van der Waals surface area contributed by atoms with Gasteiger partial charge < -0.3 is 15.0 Å². The maximum Gasteiger partial charge on any atom is 0.312 e. The summed E-state index contributed by atoms with van der Waals surface area (Å²) in [4.78, 5) is 38.4. The van der Waals surface area contributed by atoms with E-state index in [0.717, 1.165) is 5.69 Å². The van der Waals surface area contributed by atoms with E-state index in [9.17, 15) is 18.8 Å². The Labute approximate surface area is 167 Å². The standard InChI is InChI=1S/C20H23FN4O4/c1-11-18(12(2)24(4)23-11)22-19(27)13(3)29-20(28)14-9-17(26)25(10-14)16-8-6-5-7-15(16)21/h5-8,13-14H,9-10H2,1-4H3,(H,22,27)/t13-,14-/m0/s1. The van der Waals surface area contributed by atoms with Gasteiger partial charge in [-0.3, -0.25) is 19.1 Å². The van der Waals surface area contributed by atoms with E-state index in [-0.39, 0.29) is 24.6 Å². The number of aromatic nitrogens is 2. The first-order chi connectivity index (χ1) is 13.7. The second-order valence-corrected chi connectivity index (χ2v) is 7.09. The van der Waals surface area contributed by atoms with Gasteiger partial charge >= 0.3 is 5.97 Å². The SMILES string of the molecule is Cc1nn(C)c(C)c1NC(=O)[C@H](C)OC(=O)[C@H]1CC(=O)N(c2ccccc2F)C1. The van der Waals surface area contributed by atoms with Crippen LogP contribution in [-0.2, 0) is 26.2 Å². The summed E-state index contributed by atoms with van der Waals surface area (Å²) in [5.74, 6) is -2.83. The van der Waals surface area contributed by atoms with Crippen molar-refractivity contribution in [1.29, 1.82) is 0 Å². The molecule has 1 aliphatic heterocycles. The van der Waals surface area contributed by atoms with Crippen LogP contribution < -0.4 is 10.2 Å². The van der Waals surface area contributed by atoms with Gasteiger partial charge in [0.2, 0.25) is 5.91 Å². The second-order valence-electron chi connectivity index (χ2n) is 7.09. The highest BCUT2D eigenvalue weighted by molar-refractivity contribution is 6.00. The highest BCUT2D eigenvalue weighted by Gasteiger charge is 2.38. The summed E-state index contributed by atoms with van der Waals surface area (Å²) >= 11 is 0. The molecule has 2 atom stereocenters. The first kappa shape index (κ1) is 20.5. The number of halogens is 1. The van der Waals surface area contributed by atoms with Crippen LogP contribution in [0.15, 0.2) is 24.3 Å². The molecule has 1 saturated heterocycles. The summed E-state index contributed by atoms with van der Waals surface area (Å²) in [6, 6.07) is 5.88. The Bertz CT molecular complexity index is 971. The maximum atomic E-state index is 14.0. The number of nitrogens with one attached hydrogen (secondary N) is 1. The van der Waals surface area contributed by atoms with Crippen molar-refractivity contribution in [2.45, 2.75) is 33.3 Å². The molecule has 0 saturated carbocycles. The van der Waals surface area contributed by atoms with E-state index in [2.05, 4.69) is 10.4 Å². The Morgan fingerprint density at radius 1 is 1.31 bits per heavy atom. The number of carbonyl (C=O) groups excluding carboxylic acids is 3. The first-order valence-corrected chi connectivity index (χ1v) is 9.25. The summed E-state index contributed by atoms with van der Waals surface area (Å²) in [6.45, 7) is 5.04. The van der Waals surface area contributed by atoms with Gasteiger partial charge in [-0.15, -0.1) is 0 Å². The molecule has 1 aromatic carbocycles. The Kier molecular flexibility index (Phi) is 5.67. The van der Waals surface area contributed by atoms with Crippen molar-refractivity contribution in [2.75, 3.05) is 16.8 Å². The average Bonchev–Trinajstić information content (AvgIpc) is 3.17. The fraction of sp³-hybridized carbons (Fsp3) is 0.400. The van der Waals surface area contributed by atoms with E-state index in [0.29, 0.717) is 11.4 Å². The summed E-state index contributed by atoms with van der Waals surface area (Å²) in [5.41, 5.74) is 2.12. The van der Waals surface area contributed by atoms with Gasteiger partial charge in [-0.05, 0) is 32.9 Å². The van der Waals surface area contributed by atoms with E-state index in [1.807, 2.05) is 6.92 Å². The van der Waals surface area contributed by atoms with Gasteiger partial charge in [-0.1, -0.05) is 12.1 Å². The number of hydrogen-bond acceptors (Lipinski definition) is 5. The van der Waals surface area contributed by atoms with Crippen LogP contribution in [0.1, 0.15) is 24.7 Å². The molecule has 2 heterocycles. The highest BCUT2D eigenvalue weighted by Crippen LogP contribution is 2.28. The third kappa shape index (κ3) is 4.13. The molecule has 1 fully saturated rings. The lowest BCUT2D eigenvalue weighted by Crippen LogP contribution is -2.33. The zero-order chi connectivity index (χ0) is 21.3. The van der Waals surface area contributed by atoms with Gasteiger partial charge in [-0.25, -0.2) is 4.39 Å². The molecule has 0 radical (unpaired) electrons. The van der Waals surface area contributed by atoms with Crippen molar-refractivity contribution in [3.05, 3.63) is 41.5 Å². The minimum absolute atomic E-state index is 0.00770. The van der Waals surface area contributed by atoms with Crippen molar-refractivity contribution in [2.24, 2.45) is 13.0 Å². The van der Waals surface area contributed by atoms with Crippen LogP contribution in [0.5, 0.6) is 0 Å². The molecular weight excluding hydrogens is 379 g/mol. The third-order valence-electron chi connectivity index (χ3n) is 5.02. The number of esters is 1. The van der Waals surface area contributed by atoms with E-state index >= 15 is 0 Å². The van der Waals surface area contributed by atoms with Crippen LogP contribution in [-0.4, -0.2) is 40.2 Å². The van der Waals surface area contributed by atoms with Crippen LogP contribution in [0.4, 0.5) is 15.8 Å². The zero-order valence-electron chi connectivity index (χ0n) is 16.7. The number of benzene rings is 1. The maximum absolute atomic E-state index is 14.0. The summed E-state index contributed by atoms with van der Waals surface area (Å²) in [5, 5.41) is 6.94. The minimum Gasteiger partial charge on any atom is -0.452 e. The van der Waals surface area contributed by atoms with Crippen LogP contribution >= 0.6 is 0 Å². The van der Waals surface area contributed by atoms with Gasteiger partial charge in [-0.2, -0.15) is 5.10 Å². The number of aryl methyl sites for hydroxylation is 2. The number of para-hydroxylation sites is 1. The molecule has 9 heteroatoms. The van der Waals surface area contributed by atoms with E-state index < -0.39 is 29.7 Å². The topological polar surface area (TPSA) is 93.5 Å². The average molecular weight is 402 g/mol. The summed E-state index contributed by atoms with van der Waals surface area (Å²) in [6.07, 6.45) is -1.15. The molecule has 29 heavy (non-hydrogen) atoms. The Morgan fingerprint density at radius 2 is 2.00 bits per heavy atom. The van der Waals surface area contributed by atoms with Crippen molar-refractivity contribution < 1.29 is 23.5 Å². The molecule has 1 aromatic heterocycles. The largest absolute Gasteiger partial charge is 0.452 e. The lowest BCUT2D eigenvalue weighted by atomic mass is 10.1. The molecule has 0 aliphatic carbocycles. The molecule has 8 nitrogen and oxygen atoms in total. The third-order valence-corrected chi connectivity index (χ3v) is 5.02. The monoisotopic (exact) mass is 402 g/mol. The number of nitrogens with zero attached hydrogens (tertiary/aromatic N) is 3. The second kappa shape index (κ2) is 8.02. The summed E-state index contributed by atoms with van der Waals surface area (Å²) in [7, 11) is 1.76. The normalized spacial score (nSPS) is 17.3. The lowest BCUT2D eigenvalue weighted by molar-refractivity contribution is -0.157. The zero-order valence-corrected chi connectivity index (χ0v) is 16.7. The van der Waals surface area contributed by atoms with Crippen LogP contribution in [0.25, 0.3) is 0 Å². The highest BCUT2D eigenvalue weighted by atomic mass is 19.1. The van der Waals surface area contributed by atoms with E-state index in [1.165, 1.54) is 30.0 Å². The number of rotatable bonds is 5. The van der Waals surface area contributed by atoms with Gasteiger partial charge in [0, 0.05) is 20.0 Å². The smallest absolute Gasteiger partial charge is 0.312 e. The fourth-order valence-electron chi connectivity index (χ4n) is 3.27. The van der Waals surface area contributed by atoms with E-state index in [4.69, 9.17) is 4.74 Å². The molecule has 1 aliphatic rings. The van der Waals surface area contributed by atoms with Crippen LogP contribution in [0, 0.1) is 25.6 Å². The van der Waals surface area contributed by atoms with Gasteiger partial charge in [0.1, 0.15) is 5.82 Å². The van der Waals surface area contributed by atoms with Crippen molar-refractivity contribution in [1.82, 2.24) is 9.78 Å². The molecule has 2 aromatic rings. The molecular formula is C20H23FN4O4. The number of hydrogen-bond donors (Lipinski definition) is 1. The Balaban J connectivity index is 1.62. The number of amides is 2. The fourth-order valence-corrected chi connectivity index (χ4v) is 3.27. The van der Waals surface area contributed by atoms with Crippen molar-refractivity contribution in [3.8, 4) is 0 Å².